The molecule has 0 atom stereocenters. The molecule has 0 aliphatic heterocycles. The van der Waals surface area contributed by atoms with Crippen LogP contribution in [-0.2, 0) is 0 Å². The minimum Gasteiger partial charge on any atom is -0.197 e. The molecule has 0 nitrogen and oxygen atoms in total. The average Bonchev–Trinajstić information content (AvgIpc) is 1.60. The highest BCUT2D eigenvalue weighted by atomic mass is 35.5. The van der Waals surface area contributed by atoms with Crippen molar-refractivity contribution in [1.82, 2.24) is 0 Å². The summed E-state index contributed by atoms with van der Waals surface area (Å²) in [4.78, 5) is 0. The van der Waals surface area contributed by atoms with Crippen molar-refractivity contribution < 1.29 is 8.78 Å². The molecule has 0 N–H and O–H groups in total. The highest BCUT2D eigenvalue weighted by Crippen LogP contribution is 2.26. The Kier molecular flexibility index (Phi) is 1.58. The van der Waals surface area contributed by atoms with E-state index in [2.05, 4.69) is 0 Å². The smallest absolute Gasteiger partial charge is 0.197 e. The fourth-order valence-electron chi connectivity index (χ4n) is 0.548. The predicted molar refractivity (Wildman–Crippen MR) is 32.3 cm³/mol. The van der Waals surface area contributed by atoms with E-state index < -0.39 is 5.92 Å². The van der Waals surface area contributed by atoms with Gasteiger partial charge in [0.2, 0.25) is 0 Å². The van der Waals surface area contributed by atoms with E-state index in [0.717, 1.165) is 6.08 Å². The lowest BCUT2D eigenvalue weighted by atomic mass is 10.1. The average molecular weight is 150 g/mol. The van der Waals surface area contributed by atoms with Crippen LogP contribution in [0.15, 0.2) is 23.3 Å². The summed E-state index contributed by atoms with van der Waals surface area (Å²) in [6.45, 7) is 0. The van der Waals surface area contributed by atoms with E-state index in [0.29, 0.717) is 6.08 Å². The zero-order valence-electron chi connectivity index (χ0n) is 4.44. The van der Waals surface area contributed by atoms with Crippen LogP contribution in [-0.4, -0.2) is 5.92 Å². The Bertz CT molecular complexity index is 170. The Balaban J connectivity index is 2.78. The highest BCUT2D eigenvalue weighted by molar-refractivity contribution is 6.31. The normalized spacial score (nSPS) is 23.7. The van der Waals surface area contributed by atoms with Crippen LogP contribution < -0.4 is 0 Å². The number of rotatable bonds is 0. The molecule has 0 saturated carbocycles. The number of allylic oxidation sites excluding steroid dienone is 4. The second-order valence-corrected chi connectivity index (χ2v) is 2.17. The Morgan fingerprint density at radius 3 is 2.44 bits per heavy atom. The minimum atomic E-state index is -2.86. The topological polar surface area (TPSA) is 0 Å². The van der Waals surface area contributed by atoms with Crippen LogP contribution >= 0.6 is 11.6 Å². The third kappa shape index (κ3) is 1.79. The molecule has 1 radical (unpaired) electrons. The standard InChI is InChI=1S/C6H4ClF2/c7-5-2-1-3-6(8,9)4-5/h1-4H. The molecule has 0 fully saturated rings. The quantitative estimate of drug-likeness (QED) is 0.497. The molecule has 1 rings (SSSR count). The molecular formula is C6H4ClF2. The third-order valence-corrected chi connectivity index (χ3v) is 1.14. The molecule has 0 bridgehead atoms. The first-order chi connectivity index (χ1) is 4.10. The van der Waals surface area contributed by atoms with E-state index in [1.165, 1.54) is 12.5 Å². The summed E-state index contributed by atoms with van der Waals surface area (Å²) in [7, 11) is 0. The summed E-state index contributed by atoms with van der Waals surface area (Å²) < 4.78 is 24.4. The first-order valence-corrected chi connectivity index (χ1v) is 2.77. The first kappa shape index (κ1) is 6.75. The van der Waals surface area contributed by atoms with Crippen molar-refractivity contribution in [2.24, 2.45) is 0 Å². The number of hydrogen-bond acceptors (Lipinski definition) is 0. The van der Waals surface area contributed by atoms with Gasteiger partial charge in [-0.25, -0.2) is 0 Å². The van der Waals surface area contributed by atoms with Crippen molar-refractivity contribution in [3.8, 4) is 0 Å². The number of alkyl halides is 2. The summed E-state index contributed by atoms with van der Waals surface area (Å²) in [5, 5.41) is 0.0856. The van der Waals surface area contributed by atoms with Gasteiger partial charge in [0.05, 0.1) is 0 Å². The lowest BCUT2D eigenvalue weighted by Gasteiger charge is -2.09. The van der Waals surface area contributed by atoms with Crippen LogP contribution in [0.5, 0.6) is 0 Å². The highest BCUT2D eigenvalue weighted by Gasteiger charge is 2.24. The van der Waals surface area contributed by atoms with Gasteiger partial charge in [0.25, 0.3) is 5.92 Å². The van der Waals surface area contributed by atoms with E-state index in [4.69, 9.17) is 11.6 Å². The van der Waals surface area contributed by atoms with Crippen molar-refractivity contribution >= 4 is 11.6 Å². The molecule has 0 aromatic carbocycles. The molecule has 3 heteroatoms. The fourth-order valence-corrected chi connectivity index (χ4v) is 0.767. The second-order valence-electron chi connectivity index (χ2n) is 1.73. The van der Waals surface area contributed by atoms with E-state index in [9.17, 15) is 8.78 Å². The molecule has 0 amide bonds. The lowest BCUT2D eigenvalue weighted by molar-refractivity contribution is 0.110. The van der Waals surface area contributed by atoms with Gasteiger partial charge in [0.15, 0.2) is 0 Å². The van der Waals surface area contributed by atoms with Crippen LogP contribution in [0.25, 0.3) is 0 Å². The van der Waals surface area contributed by atoms with Gasteiger partial charge in [-0.1, -0.05) is 17.7 Å². The summed E-state index contributed by atoms with van der Waals surface area (Å²) in [5.74, 6) is -2.86. The SMILES string of the molecule is FC1(F)C=C[CH]C(Cl)=C1. The Hall–Kier alpha value is -0.370. The zero-order valence-corrected chi connectivity index (χ0v) is 5.20. The maximum atomic E-state index is 12.2. The minimum absolute atomic E-state index is 0.0856. The van der Waals surface area contributed by atoms with Crippen molar-refractivity contribution in [2.45, 2.75) is 5.92 Å². The second kappa shape index (κ2) is 2.10. The third-order valence-electron chi connectivity index (χ3n) is 0.904. The Labute approximate surface area is 56.8 Å². The molecule has 0 saturated heterocycles. The Morgan fingerprint density at radius 2 is 2.11 bits per heavy atom. The van der Waals surface area contributed by atoms with Gasteiger partial charge in [0, 0.05) is 17.5 Å². The molecule has 9 heavy (non-hydrogen) atoms. The van der Waals surface area contributed by atoms with Crippen LogP contribution in [0.1, 0.15) is 0 Å². The van der Waals surface area contributed by atoms with Gasteiger partial charge in [-0.2, -0.15) is 8.78 Å². The van der Waals surface area contributed by atoms with Gasteiger partial charge in [-0.3, -0.25) is 0 Å². The van der Waals surface area contributed by atoms with Crippen LogP contribution in [0, 0.1) is 6.42 Å². The first-order valence-electron chi connectivity index (χ1n) is 2.39. The lowest BCUT2D eigenvalue weighted by Crippen LogP contribution is -2.10. The van der Waals surface area contributed by atoms with E-state index in [1.54, 1.807) is 0 Å². The van der Waals surface area contributed by atoms with Gasteiger partial charge in [-0.05, 0) is 6.08 Å². The maximum absolute atomic E-state index is 12.2. The molecule has 0 aromatic rings. The van der Waals surface area contributed by atoms with Crippen molar-refractivity contribution in [3.63, 3.8) is 0 Å². The van der Waals surface area contributed by atoms with Crippen LogP contribution in [0.2, 0.25) is 0 Å². The van der Waals surface area contributed by atoms with Gasteiger partial charge < -0.3 is 0 Å². The van der Waals surface area contributed by atoms with E-state index in [1.807, 2.05) is 0 Å². The van der Waals surface area contributed by atoms with Crippen LogP contribution in [0.4, 0.5) is 8.78 Å². The molecule has 0 unspecified atom stereocenters. The molecule has 1 aliphatic rings. The summed E-state index contributed by atoms with van der Waals surface area (Å²) >= 11 is 5.28. The molecule has 1 aliphatic carbocycles. The molecule has 49 valence electrons. The predicted octanol–water partition coefficient (Wildman–Crippen LogP) is 2.52. The maximum Gasteiger partial charge on any atom is 0.286 e. The largest absolute Gasteiger partial charge is 0.286 e. The molecule has 0 aromatic heterocycles. The molecule has 0 heterocycles. The van der Waals surface area contributed by atoms with Crippen LogP contribution in [0.3, 0.4) is 0 Å². The summed E-state index contributed by atoms with van der Waals surface area (Å²) in [5.41, 5.74) is 0. The van der Waals surface area contributed by atoms with Crippen molar-refractivity contribution in [2.75, 3.05) is 0 Å². The number of halogens is 3. The van der Waals surface area contributed by atoms with Gasteiger partial charge >= 0.3 is 0 Å². The summed E-state index contributed by atoms with van der Waals surface area (Å²) in [6.07, 6.45) is 4.15. The van der Waals surface area contributed by atoms with Crippen molar-refractivity contribution in [1.29, 1.82) is 0 Å². The Morgan fingerprint density at radius 1 is 1.44 bits per heavy atom. The van der Waals surface area contributed by atoms with Gasteiger partial charge in [0.1, 0.15) is 0 Å². The van der Waals surface area contributed by atoms with Gasteiger partial charge in [-0.15, -0.1) is 0 Å². The zero-order chi connectivity index (χ0) is 6.91. The summed E-state index contributed by atoms with van der Waals surface area (Å²) in [6, 6.07) is 0. The number of hydrogen-bond donors (Lipinski definition) is 0. The van der Waals surface area contributed by atoms with E-state index >= 15 is 0 Å². The monoisotopic (exact) mass is 149 g/mol. The molecular weight excluding hydrogens is 146 g/mol. The molecule has 0 spiro atoms. The van der Waals surface area contributed by atoms with E-state index in [-0.39, 0.29) is 5.03 Å². The fraction of sp³-hybridized carbons (Fsp3) is 0.167. The van der Waals surface area contributed by atoms with Crippen molar-refractivity contribution in [3.05, 3.63) is 29.7 Å².